The fraction of sp³-hybridized carbons (Fsp3) is 0.382. The van der Waals surface area contributed by atoms with Gasteiger partial charge in [-0.3, -0.25) is 19.7 Å². The molecule has 0 aliphatic heterocycles. The topological polar surface area (TPSA) is 108 Å². The Morgan fingerprint density at radius 2 is 1.22 bits per heavy atom. The highest BCUT2D eigenvalue weighted by Crippen LogP contribution is 2.14. The molecule has 41 heavy (non-hydrogen) atoms. The summed E-state index contributed by atoms with van der Waals surface area (Å²) in [5.74, 6) is -1.49. The molecule has 0 radical (unpaired) electrons. The minimum Gasteiger partial charge on any atom is -0.480 e. The van der Waals surface area contributed by atoms with Gasteiger partial charge in [0, 0.05) is 5.69 Å². The minimum absolute atomic E-state index is 0.161. The molecule has 0 aliphatic rings. The Kier molecular flexibility index (Phi) is 13.1. The number of carboxylic acid groups (broad SMARTS) is 1. The summed E-state index contributed by atoms with van der Waals surface area (Å²) in [6, 6.07) is 26.6. The maximum Gasteiger partial charge on any atom is 0.320 e. The number of hydrogen-bond donors (Lipinski definition) is 4. The molecule has 3 aromatic carbocycles. The third kappa shape index (κ3) is 11.6. The van der Waals surface area contributed by atoms with Gasteiger partial charge in [0.25, 0.3) is 0 Å². The average molecular weight is 558 g/mol. The number of nitrogens with one attached hydrogen (secondary N) is 3. The Bertz CT molecular complexity index is 1200. The van der Waals surface area contributed by atoms with Gasteiger partial charge in [-0.2, -0.15) is 0 Å². The van der Waals surface area contributed by atoms with Crippen LogP contribution in [-0.4, -0.2) is 41.0 Å². The Morgan fingerprint density at radius 3 is 1.78 bits per heavy atom. The molecule has 0 aromatic heterocycles. The summed E-state index contributed by atoms with van der Waals surface area (Å²) < 4.78 is 0. The lowest BCUT2D eigenvalue weighted by atomic mass is 9.99. The van der Waals surface area contributed by atoms with E-state index in [1.165, 1.54) is 5.56 Å². The Hall–Kier alpha value is -3.97. The summed E-state index contributed by atoms with van der Waals surface area (Å²) in [7, 11) is 0. The zero-order valence-electron chi connectivity index (χ0n) is 24.1. The molecule has 218 valence electrons. The van der Waals surface area contributed by atoms with E-state index in [1.807, 2.05) is 80.6 Å². The van der Waals surface area contributed by atoms with Crippen molar-refractivity contribution in [1.82, 2.24) is 10.6 Å². The highest BCUT2D eigenvalue weighted by molar-refractivity contribution is 5.98. The number of aliphatic carboxylic acids is 1. The van der Waals surface area contributed by atoms with E-state index in [4.69, 9.17) is 0 Å². The van der Waals surface area contributed by atoms with Crippen molar-refractivity contribution in [3.05, 3.63) is 102 Å². The van der Waals surface area contributed by atoms with Gasteiger partial charge in [-0.05, 0) is 67.7 Å². The van der Waals surface area contributed by atoms with Crippen LogP contribution in [0.1, 0.15) is 57.1 Å². The molecule has 0 spiro atoms. The monoisotopic (exact) mass is 557 g/mol. The Balaban J connectivity index is 1.69. The molecule has 0 heterocycles. The molecule has 0 saturated carbocycles. The van der Waals surface area contributed by atoms with Gasteiger partial charge >= 0.3 is 5.97 Å². The van der Waals surface area contributed by atoms with Gasteiger partial charge in [-0.15, -0.1) is 0 Å². The first-order valence-electron chi connectivity index (χ1n) is 14.5. The maximum absolute atomic E-state index is 13.6. The highest BCUT2D eigenvalue weighted by atomic mass is 16.4. The first kappa shape index (κ1) is 31.6. The summed E-state index contributed by atoms with van der Waals surface area (Å²) in [4.78, 5) is 39.0. The fourth-order valence-electron chi connectivity index (χ4n) is 4.82. The number of anilines is 1. The number of carbonyl (C=O) groups excluding carboxylic acids is 2. The second kappa shape index (κ2) is 17.0. The SMILES string of the molecule is CC(C)C[C@H](NC(=O)[C@H](CCc1ccccc1)N[C@H](CCCCc1ccccc1)C(=O)O)C(=O)Nc1ccccc1. The van der Waals surface area contributed by atoms with E-state index < -0.39 is 24.1 Å². The molecular formula is C34H43N3O4. The van der Waals surface area contributed by atoms with E-state index in [0.717, 1.165) is 18.4 Å². The first-order valence-corrected chi connectivity index (χ1v) is 14.5. The van der Waals surface area contributed by atoms with Gasteiger partial charge in [0.2, 0.25) is 11.8 Å². The van der Waals surface area contributed by atoms with Crippen molar-refractivity contribution in [2.45, 2.75) is 76.9 Å². The van der Waals surface area contributed by atoms with Crippen molar-refractivity contribution in [1.29, 1.82) is 0 Å². The molecular weight excluding hydrogens is 514 g/mol. The van der Waals surface area contributed by atoms with Crippen LogP contribution in [0.25, 0.3) is 0 Å². The van der Waals surface area contributed by atoms with Crippen molar-refractivity contribution < 1.29 is 19.5 Å². The number of rotatable bonds is 17. The quantitative estimate of drug-likeness (QED) is 0.161. The number of benzene rings is 3. The Morgan fingerprint density at radius 1 is 0.659 bits per heavy atom. The van der Waals surface area contributed by atoms with Crippen molar-refractivity contribution in [3.8, 4) is 0 Å². The summed E-state index contributed by atoms with van der Waals surface area (Å²) in [5, 5.41) is 18.9. The van der Waals surface area contributed by atoms with Gasteiger partial charge in [-0.25, -0.2) is 0 Å². The maximum atomic E-state index is 13.6. The van der Waals surface area contributed by atoms with Crippen LogP contribution in [0.5, 0.6) is 0 Å². The summed E-state index contributed by atoms with van der Waals surface area (Å²) >= 11 is 0. The molecule has 4 N–H and O–H groups in total. The Labute approximate surface area is 243 Å². The molecule has 7 nitrogen and oxygen atoms in total. The van der Waals surface area contributed by atoms with Crippen LogP contribution in [-0.2, 0) is 27.2 Å². The lowest BCUT2D eigenvalue weighted by molar-refractivity contribution is -0.140. The summed E-state index contributed by atoms with van der Waals surface area (Å²) in [5.41, 5.74) is 2.93. The zero-order valence-corrected chi connectivity index (χ0v) is 24.1. The van der Waals surface area contributed by atoms with Gasteiger partial charge in [0.15, 0.2) is 0 Å². The van der Waals surface area contributed by atoms with Crippen LogP contribution >= 0.6 is 0 Å². The second-order valence-corrected chi connectivity index (χ2v) is 10.9. The fourth-order valence-corrected chi connectivity index (χ4v) is 4.82. The van der Waals surface area contributed by atoms with E-state index in [2.05, 4.69) is 28.1 Å². The third-order valence-corrected chi connectivity index (χ3v) is 7.01. The molecule has 0 unspecified atom stereocenters. The largest absolute Gasteiger partial charge is 0.480 e. The lowest BCUT2D eigenvalue weighted by Gasteiger charge is -2.26. The minimum atomic E-state index is -0.984. The molecule has 3 atom stereocenters. The normalized spacial score (nSPS) is 13.2. The number of para-hydroxylation sites is 1. The van der Waals surface area contributed by atoms with E-state index in [-0.39, 0.29) is 17.7 Å². The number of hydrogen-bond acceptors (Lipinski definition) is 4. The standard InChI is InChI=1S/C34H43N3O4/c1-25(2)24-31(33(39)35-28-19-10-5-11-20-28)37-32(38)29(23-22-27-16-8-4-9-17-27)36-30(34(40)41)21-13-12-18-26-14-6-3-7-15-26/h3-11,14-17,19-20,25,29-31,36H,12-13,18,21-24H2,1-2H3,(H,35,39)(H,37,38)(H,40,41)/t29-,30+,31-/m0/s1. The van der Waals surface area contributed by atoms with Crippen LogP contribution in [0.4, 0.5) is 5.69 Å². The van der Waals surface area contributed by atoms with Crippen molar-refractivity contribution in [2.24, 2.45) is 5.92 Å². The van der Waals surface area contributed by atoms with Gasteiger partial charge in [-0.1, -0.05) is 99.1 Å². The zero-order chi connectivity index (χ0) is 29.5. The van der Waals surface area contributed by atoms with Crippen LogP contribution in [0.15, 0.2) is 91.0 Å². The van der Waals surface area contributed by atoms with Crippen LogP contribution in [0.3, 0.4) is 0 Å². The second-order valence-electron chi connectivity index (χ2n) is 10.9. The van der Waals surface area contributed by atoms with E-state index in [0.29, 0.717) is 37.8 Å². The molecule has 2 amide bonds. The molecule has 7 heteroatoms. The van der Waals surface area contributed by atoms with Crippen molar-refractivity contribution in [2.75, 3.05) is 5.32 Å². The predicted octanol–water partition coefficient (Wildman–Crippen LogP) is 5.61. The summed E-state index contributed by atoms with van der Waals surface area (Å²) in [6.45, 7) is 3.99. The molecule has 3 aromatic rings. The van der Waals surface area contributed by atoms with Gasteiger partial charge < -0.3 is 15.7 Å². The number of carboxylic acids is 1. The van der Waals surface area contributed by atoms with Crippen molar-refractivity contribution >= 4 is 23.5 Å². The molecule has 0 fully saturated rings. The lowest BCUT2D eigenvalue weighted by Crippen LogP contribution is -2.55. The average Bonchev–Trinajstić information content (AvgIpc) is 2.97. The smallest absolute Gasteiger partial charge is 0.320 e. The number of amides is 2. The van der Waals surface area contributed by atoms with E-state index in [9.17, 15) is 19.5 Å². The van der Waals surface area contributed by atoms with E-state index in [1.54, 1.807) is 12.1 Å². The number of unbranched alkanes of at least 4 members (excludes halogenated alkanes) is 1. The number of carbonyl (C=O) groups is 3. The van der Waals surface area contributed by atoms with Gasteiger partial charge in [0.1, 0.15) is 12.1 Å². The number of aryl methyl sites for hydroxylation is 2. The molecule has 0 aliphatic carbocycles. The van der Waals surface area contributed by atoms with Gasteiger partial charge in [0.05, 0.1) is 6.04 Å². The van der Waals surface area contributed by atoms with Crippen LogP contribution < -0.4 is 16.0 Å². The predicted molar refractivity (Wildman–Crippen MR) is 164 cm³/mol. The van der Waals surface area contributed by atoms with Crippen LogP contribution in [0, 0.1) is 5.92 Å². The molecule has 0 saturated heterocycles. The first-order chi connectivity index (χ1) is 19.8. The highest BCUT2D eigenvalue weighted by Gasteiger charge is 2.29. The summed E-state index contributed by atoms with van der Waals surface area (Å²) in [6.07, 6.45) is 4.29. The van der Waals surface area contributed by atoms with E-state index >= 15 is 0 Å². The molecule has 3 rings (SSSR count). The third-order valence-electron chi connectivity index (χ3n) is 7.01. The molecule has 0 bridgehead atoms. The van der Waals surface area contributed by atoms with Crippen molar-refractivity contribution in [3.63, 3.8) is 0 Å². The van der Waals surface area contributed by atoms with Crippen LogP contribution in [0.2, 0.25) is 0 Å².